The quantitative estimate of drug-likeness (QED) is 0.563. The molecule has 2 fully saturated rings. The van der Waals surface area contributed by atoms with Crippen LogP contribution in [0.15, 0.2) is 30.3 Å². The van der Waals surface area contributed by atoms with Crippen molar-refractivity contribution < 1.29 is 45.1 Å². The number of hydrogen-bond acceptors (Lipinski definition) is 3. The number of amides is 2. The number of alkyl halides is 4. The van der Waals surface area contributed by atoms with Gasteiger partial charge in [-0.05, 0) is 49.4 Å². The summed E-state index contributed by atoms with van der Waals surface area (Å²) >= 11 is 0. The van der Waals surface area contributed by atoms with E-state index in [1.54, 1.807) is 0 Å². The first-order valence-corrected chi connectivity index (χ1v) is 10.6. The lowest BCUT2D eigenvalue weighted by molar-refractivity contribution is -0.140. The lowest BCUT2D eigenvalue weighted by atomic mass is 9.80. The Bertz CT molecular complexity index is 1190. The Labute approximate surface area is 194 Å². The second kappa shape index (κ2) is 8.72. The van der Waals surface area contributed by atoms with Crippen molar-refractivity contribution in [1.29, 1.82) is 0 Å². The number of nitrogens with one attached hydrogen (secondary N) is 2. The summed E-state index contributed by atoms with van der Waals surface area (Å²) in [6.07, 6.45) is -4.05. The van der Waals surface area contributed by atoms with Crippen LogP contribution in [0.5, 0.6) is 5.75 Å². The predicted octanol–water partition coefficient (Wildman–Crippen LogP) is 5.01. The van der Waals surface area contributed by atoms with Crippen molar-refractivity contribution in [3.05, 3.63) is 58.9 Å². The van der Waals surface area contributed by atoms with Gasteiger partial charge in [-0.2, -0.15) is 13.2 Å². The summed E-state index contributed by atoms with van der Waals surface area (Å²) in [5.74, 6) is -8.12. The molecule has 0 saturated heterocycles. The van der Waals surface area contributed by atoms with E-state index < -0.39 is 75.8 Å². The molecule has 2 aromatic rings. The van der Waals surface area contributed by atoms with Crippen LogP contribution in [0.3, 0.4) is 0 Å². The van der Waals surface area contributed by atoms with Crippen molar-refractivity contribution in [2.45, 2.75) is 37.1 Å². The zero-order valence-corrected chi connectivity index (χ0v) is 18.1. The summed E-state index contributed by atoms with van der Waals surface area (Å²) < 4.78 is 101. The fourth-order valence-corrected chi connectivity index (χ4v) is 4.99. The van der Waals surface area contributed by atoms with Crippen molar-refractivity contribution >= 4 is 17.5 Å². The highest BCUT2D eigenvalue weighted by molar-refractivity contribution is 6.01. The monoisotopic (exact) mass is 504 g/mol. The van der Waals surface area contributed by atoms with Crippen LogP contribution >= 0.6 is 0 Å². The first-order chi connectivity index (χ1) is 16.4. The number of halogens is 7. The zero-order chi connectivity index (χ0) is 25.7. The van der Waals surface area contributed by atoms with E-state index in [9.17, 15) is 35.9 Å². The third-order valence-corrected chi connectivity index (χ3v) is 6.64. The minimum Gasteiger partial charge on any atom is -0.496 e. The second-order valence-electron chi connectivity index (χ2n) is 8.60. The number of carbonyl (C=O) groups is 2. The maximum absolute atomic E-state index is 16.3. The molecule has 12 heteroatoms. The number of benzene rings is 2. The third-order valence-electron chi connectivity index (χ3n) is 6.64. The molecule has 2 unspecified atom stereocenters. The van der Waals surface area contributed by atoms with E-state index in [1.165, 1.54) is 0 Å². The summed E-state index contributed by atoms with van der Waals surface area (Å²) in [4.78, 5) is 25.8. The highest BCUT2D eigenvalue weighted by Gasteiger charge is 2.64. The van der Waals surface area contributed by atoms with Crippen LogP contribution in [0, 0.1) is 29.3 Å². The fourth-order valence-electron chi connectivity index (χ4n) is 4.99. The molecule has 0 heterocycles. The number of hydrogen-bond donors (Lipinski definition) is 2. The van der Waals surface area contributed by atoms with Gasteiger partial charge < -0.3 is 15.4 Å². The molecule has 2 aliphatic carbocycles. The van der Waals surface area contributed by atoms with Crippen molar-refractivity contribution in [3.8, 4) is 5.75 Å². The Balaban J connectivity index is 1.61. The van der Waals surface area contributed by atoms with Gasteiger partial charge in [0.25, 0.3) is 11.8 Å². The van der Waals surface area contributed by atoms with Crippen molar-refractivity contribution in [2.75, 3.05) is 12.4 Å². The molecule has 4 atom stereocenters. The van der Waals surface area contributed by atoms with E-state index in [1.807, 2.05) is 0 Å². The van der Waals surface area contributed by atoms with Gasteiger partial charge in [0.2, 0.25) is 5.67 Å². The minimum absolute atomic E-state index is 0.223. The van der Waals surface area contributed by atoms with Gasteiger partial charge in [0.15, 0.2) is 11.6 Å². The van der Waals surface area contributed by atoms with Crippen LogP contribution < -0.4 is 15.4 Å². The molecule has 0 spiro atoms. The van der Waals surface area contributed by atoms with Gasteiger partial charge in [-0.15, -0.1) is 0 Å². The Morgan fingerprint density at radius 3 is 2.37 bits per heavy atom. The van der Waals surface area contributed by atoms with Crippen molar-refractivity contribution in [2.24, 2.45) is 11.8 Å². The summed E-state index contributed by atoms with van der Waals surface area (Å²) in [7, 11) is 1.12. The Hall–Kier alpha value is -3.31. The number of anilines is 1. The van der Waals surface area contributed by atoms with Crippen LogP contribution in [0.2, 0.25) is 0 Å². The summed E-state index contributed by atoms with van der Waals surface area (Å²) in [6, 6.07) is 1.54. The maximum Gasteiger partial charge on any atom is 0.419 e. The molecular weight excluding hydrogens is 485 g/mol. The van der Waals surface area contributed by atoms with Gasteiger partial charge in [-0.3, -0.25) is 9.59 Å². The van der Waals surface area contributed by atoms with E-state index >= 15 is 4.39 Å². The first kappa shape index (κ1) is 24.8. The molecule has 5 nitrogen and oxygen atoms in total. The molecule has 0 aliphatic heterocycles. The molecule has 2 amide bonds. The van der Waals surface area contributed by atoms with E-state index in [2.05, 4.69) is 10.6 Å². The number of methoxy groups -OCH3 is 1. The lowest BCUT2D eigenvalue weighted by Gasteiger charge is -2.36. The molecule has 4 rings (SSSR count). The molecule has 35 heavy (non-hydrogen) atoms. The number of ether oxygens (including phenoxy) is 1. The molecule has 2 aromatic carbocycles. The second-order valence-corrected chi connectivity index (χ2v) is 8.60. The zero-order valence-electron chi connectivity index (χ0n) is 18.1. The summed E-state index contributed by atoms with van der Waals surface area (Å²) in [5.41, 5.74) is -5.25. The Morgan fingerprint density at radius 1 is 1.03 bits per heavy atom. The average molecular weight is 504 g/mol. The van der Waals surface area contributed by atoms with Crippen LogP contribution in [-0.2, 0) is 11.0 Å². The standard InChI is InChI=1S/C23H19F7N2O3/c1-35-18-9-17(26)16(25)8-13(18)20(33)32-19-10-2-3-11(6-10)22(19,27)21(34)31-12-4-5-15(24)14(7-12)23(28,29)30/h4-5,7-11,19H,2-3,6H2,1H3,(H,31,34)(H,32,33)/t10?,11?,19-,22-/m1/s1. The first-order valence-electron chi connectivity index (χ1n) is 10.6. The molecule has 2 bridgehead atoms. The van der Waals surface area contributed by atoms with Gasteiger partial charge in [-0.1, -0.05) is 0 Å². The normalized spacial score (nSPS) is 25.4. The topological polar surface area (TPSA) is 67.4 Å². The number of carbonyl (C=O) groups excluding carboxylic acids is 2. The van der Waals surface area contributed by atoms with Crippen molar-refractivity contribution in [3.63, 3.8) is 0 Å². The Kier molecular flexibility index (Phi) is 6.18. The maximum atomic E-state index is 16.3. The van der Waals surface area contributed by atoms with E-state index in [-0.39, 0.29) is 12.2 Å². The molecule has 188 valence electrons. The largest absolute Gasteiger partial charge is 0.496 e. The summed E-state index contributed by atoms with van der Waals surface area (Å²) in [6.45, 7) is 0. The molecule has 2 aliphatic rings. The van der Waals surface area contributed by atoms with Crippen molar-refractivity contribution in [1.82, 2.24) is 5.32 Å². The van der Waals surface area contributed by atoms with Crippen LogP contribution in [-0.4, -0.2) is 30.6 Å². The molecule has 0 aromatic heterocycles. The predicted molar refractivity (Wildman–Crippen MR) is 109 cm³/mol. The van der Waals surface area contributed by atoms with Crippen LogP contribution in [0.1, 0.15) is 35.2 Å². The van der Waals surface area contributed by atoms with E-state index in [0.717, 1.165) is 13.2 Å². The highest BCUT2D eigenvalue weighted by Crippen LogP contribution is 2.53. The average Bonchev–Trinajstić information content (AvgIpc) is 3.37. The minimum atomic E-state index is -5.04. The van der Waals surface area contributed by atoms with Crippen LogP contribution in [0.4, 0.5) is 36.4 Å². The Morgan fingerprint density at radius 2 is 1.71 bits per heavy atom. The third kappa shape index (κ3) is 4.30. The van der Waals surface area contributed by atoms with Gasteiger partial charge >= 0.3 is 6.18 Å². The number of fused-ring (bicyclic) bond motifs is 2. The molecule has 2 saturated carbocycles. The van der Waals surface area contributed by atoms with Gasteiger partial charge in [-0.25, -0.2) is 17.6 Å². The molecular formula is C23H19F7N2O3. The van der Waals surface area contributed by atoms with E-state index in [4.69, 9.17) is 4.74 Å². The van der Waals surface area contributed by atoms with Crippen LogP contribution in [0.25, 0.3) is 0 Å². The fraction of sp³-hybridized carbons (Fsp3) is 0.391. The highest BCUT2D eigenvalue weighted by atomic mass is 19.4. The molecule has 2 N–H and O–H groups in total. The van der Waals surface area contributed by atoms with Gasteiger partial charge in [0.1, 0.15) is 11.6 Å². The van der Waals surface area contributed by atoms with Gasteiger partial charge in [0.05, 0.1) is 24.3 Å². The van der Waals surface area contributed by atoms with E-state index in [0.29, 0.717) is 37.1 Å². The van der Waals surface area contributed by atoms with Gasteiger partial charge in [0, 0.05) is 17.7 Å². The summed E-state index contributed by atoms with van der Waals surface area (Å²) in [5, 5.41) is 4.43. The molecule has 0 radical (unpaired) electrons. The SMILES string of the molecule is COc1cc(F)c(F)cc1C(=O)N[C@@H]1C2CCC(C2)[C@]1(F)C(=O)Nc1ccc(F)c(C(F)(F)F)c1. The lowest BCUT2D eigenvalue weighted by Crippen LogP contribution is -2.59. The smallest absolute Gasteiger partial charge is 0.419 e. The number of rotatable bonds is 5.